The van der Waals surface area contributed by atoms with E-state index in [-0.39, 0.29) is 12.4 Å². The average Bonchev–Trinajstić information content (AvgIpc) is 2.42. The number of ketones is 1. The topological polar surface area (TPSA) is 49.8 Å². The summed E-state index contributed by atoms with van der Waals surface area (Å²) in [5, 5.41) is 8.99. The van der Waals surface area contributed by atoms with Crippen molar-refractivity contribution < 1.29 is 14.6 Å². The molecule has 1 aromatic carbocycles. The van der Waals surface area contributed by atoms with Crippen molar-refractivity contribution in [3.05, 3.63) is 35.4 Å². The molecule has 1 rings (SSSR count). The van der Waals surface area contributed by atoms with Crippen LogP contribution in [0.25, 0.3) is 0 Å². The number of rotatable bonds is 9. The summed E-state index contributed by atoms with van der Waals surface area (Å²) in [4.78, 5) is 14.2. The molecular formula is C15H23NO3. The number of benzene rings is 1. The number of hydrogen-bond acceptors (Lipinski definition) is 4. The summed E-state index contributed by atoms with van der Waals surface area (Å²) in [5.41, 5.74) is 1.80. The Balaban J connectivity index is 2.49. The maximum absolute atomic E-state index is 12.1. The Kier molecular flexibility index (Phi) is 7.33. The van der Waals surface area contributed by atoms with Crippen LogP contribution < -0.4 is 0 Å². The molecule has 0 aromatic heterocycles. The number of aliphatic hydroxyl groups excluding tert-OH is 1. The van der Waals surface area contributed by atoms with Crippen molar-refractivity contribution in [3.8, 4) is 0 Å². The molecule has 0 radical (unpaired) electrons. The van der Waals surface area contributed by atoms with Gasteiger partial charge in [-0.2, -0.15) is 0 Å². The third kappa shape index (κ3) is 5.51. The van der Waals surface area contributed by atoms with Crippen molar-refractivity contribution in [2.24, 2.45) is 0 Å². The van der Waals surface area contributed by atoms with Crippen molar-refractivity contribution in [2.75, 3.05) is 40.0 Å². The van der Waals surface area contributed by atoms with Crippen LogP contribution in [-0.4, -0.2) is 55.7 Å². The van der Waals surface area contributed by atoms with Crippen LogP contribution in [0, 0.1) is 6.92 Å². The van der Waals surface area contributed by atoms with E-state index in [1.54, 1.807) is 7.11 Å². The van der Waals surface area contributed by atoms with Gasteiger partial charge in [-0.3, -0.25) is 9.69 Å². The van der Waals surface area contributed by atoms with Gasteiger partial charge in [0.2, 0.25) is 0 Å². The SMILES string of the molecule is COCCN(CCO)CCC(=O)c1ccccc1C. The van der Waals surface area contributed by atoms with Gasteiger partial charge in [0.15, 0.2) is 5.78 Å². The Bertz CT molecular complexity index is 393. The monoisotopic (exact) mass is 265 g/mol. The number of methoxy groups -OCH3 is 1. The highest BCUT2D eigenvalue weighted by molar-refractivity contribution is 5.97. The van der Waals surface area contributed by atoms with Gasteiger partial charge in [0.25, 0.3) is 0 Å². The quantitative estimate of drug-likeness (QED) is 0.688. The lowest BCUT2D eigenvalue weighted by atomic mass is 10.0. The van der Waals surface area contributed by atoms with Crippen LogP contribution in [0.1, 0.15) is 22.3 Å². The lowest BCUT2D eigenvalue weighted by Crippen LogP contribution is -2.32. The van der Waals surface area contributed by atoms with Crippen LogP contribution in [0.4, 0.5) is 0 Å². The molecule has 1 N–H and O–H groups in total. The van der Waals surface area contributed by atoms with E-state index in [9.17, 15) is 4.79 Å². The number of carbonyl (C=O) groups is 1. The fraction of sp³-hybridized carbons (Fsp3) is 0.533. The molecule has 0 aliphatic carbocycles. The fourth-order valence-electron chi connectivity index (χ4n) is 1.98. The average molecular weight is 265 g/mol. The van der Waals surface area contributed by atoms with Crippen molar-refractivity contribution >= 4 is 5.78 Å². The highest BCUT2D eigenvalue weighted by Crippen LogP contribution is 2.10. The third-order valence-corrected chi connectivity index (χ3v) is 3.13. The molecule has 106 valence electrons. The minimum Gasteiger partial charge on any atom is -0.395 e. The summed E-state index contributed by atoms with van der Waals surface area (Å²) < 4.78 is 5.02. The van der Waals surface area contributed by atoms with E-state index in [0.717, 1.165) is 17.7 Å². The zero-order valence-corrected chi connectivity index (χ0v) is 11.8. The van der Waals surface area contributed by atoms with E-state index in [1.165, 1.54) is 0 Å². The van der Waals surface area contributed by atoms with Crippen molar-refractivity contribution in [1.29, 1.82) is 0 Å². The summed E-state index contributed by atoms with van der Waals surface area (Å²) >= 11 is 0. The van der Waals surface area contributed by atoms with E-state index < -0.39 is 0 Å². The van der Waals surface area contributed by atoms with Gasteiger partial charge in [0.05, 0.1) is 13.2 Å². The zero-order valence-electron chi connectivity index (χ0n) is 11.8. The van der Waals surface area contributed by atoms with Gasteiger partial charge in [-0.1, -0.05) is 24.3 Å². The van der Waals surface area contributed by atoms with Crippen molar-refractivity contribution in [1.82, 2.24) is 4.90 Å². The van der Waals surface area contributed by atoms with Gasteiger partial charge < -0.3 is 9.84 Å². The Morgan fingerprint density at radius 1 is 1.26 bits per heavy atom. The van der Waals surface area contributed by atoms with Crippen LogP contribution in [-0.2, 0) is 4.74 Å². The van der Waals surface area contributed by atoms with E-state index in [2.05, 4.69) is 0 Å². The largest absolute Gasteiger partial charge is 0.395 e. The van der Waals surface area contributed by atoms with Crippen LogP contribution in [0.5, 0.6) is 0 Å². The van der Waals surface area contributed by atoms with Crippen LogP contribution in [0.15, 0.2) is 24.3 Å². The molecule has 4 heteroatoms. The van der Waals surface area contributed by atoms with Crippen molar-refractivity contribution in [2.45, 2.75) is 13.3 Å². The standard InChI is InChI=1S/C15H23NO3/c1-13-5-3-4-6-14(13)15(18)7-8-16(9-11-17)10-12-19-2/h3-6,17H,7-12H2,1-2H3. The second-order valence-electron chi connectivity index (χ2n) is 4.55. The molecule has 0 amide bonds. The normalized spacial score (nSPS) is 10.9. The molecule has 1 aromatic rings. The molecule has 0 aliphatic rings. The second-order valence-corrected chi connectivity index (χ2v) is 4.55. The van der Waals surface area contributed by atoms with Gasteiger partial charge in [0.1, 0.15) is 0 Å². The molecule has 0 saturated carbocycles. The number of nitrogens with zero attached hydrogens (tertiary/aromatic N) is 1. The molecule has 0 aliphatic heterocycles. The lowest BCUT2D eigenvalue weighted by molar-refractivity contribution is 0.0932. The van der Waals surface area contributed by atoms with Crippen molar-refractivity contribution in [3.63, 3.8) is 0 Å². The van der Waals surface area contributed by atoms with Gasteiger partial charge in [-0.15, -0.1) is 0 Å². The van der Waals surface area contributed by atoms with E-state index >= 15 is 0 Å². The molecule has 0 atom stereocenters. The zero-order chi connectivity index (χ0) is 14.1. The van der Waals surface area contributed by atoms with Gasteiger partial charge in [-0.05, 0) is 12.5 Å². The van der Waals surface area contributed by atoms with E-state index in [0.29, 0.717) is 26.1 Å². The number of ether oxygens (including phenoxy) is 1. The first-order valence-electron chi connectivity index (χ1n) is 6.60. The maximum Gasteiger partial charge on any atom is 0.164 e. The molecule has 0 unspecified atom stereocenters. The van der Waals surface area contributed by atoms with Gasteiger partial charge >= 0.3 is 0 Å². The molecular weight excluding hydrogens is 242 g/mol. The van der Waals surface area contributed by atoms with Crippen LogP contribution in [0.2, 0.25) is 0 Å². The molecule has 0 saturated heterocycles. The number of aryl methyl sites for hydroxylation is 1. The Morgan fingerprint density at radius 2 is 2.00 bits per heavy atom. The fourth-order valence-corrected chi connectivity index (χ4v) is 1.98. The Hall–Kier alpha value is -1.23. The lowest BCUT2D eigenvalue weighted by Gasteiger charge is -2.20. The predicted molar refractivity (Wildman–Crippen MR) is 75.5 cm³/mol. The first kappa shape index (κ1) is 15.8. The third-order valence-electron chi connectivity index (χ3n) is 3.13. The second kappa shape index (κ2) is 8.80. The van der Waals surface area contributed by atoms with Crippen LogP contribution in [0.3, 0.4) is 0 Å². The molecule has 0 fully saturated rings. The van der Waals surface area contributed by atoms with Gasteiger partial charge in [-0.25, -0.2) is 0 Å². The van der Waals surface area contributed by atoms with E-state index in [4.69, 9.17) is 9.84 Å². The predicted octanol–water partition coefficient (Wildman–Crippen LogP) is 1.51. The summed E-state index contributed by atoms with van der Waals surface area (Å²) in [7, 11) is 1.65. The Morgan fingerprint density at radius 3 is 2.63 bits per heavy atom. The molecule has 0 spiro atoms. The summed E-state index contributed by atoms with van der Waals surface area (Å²) in [6.07, 6.45) is 0.467. The van der Waals surface area contributed by atoms with Gasteiger partial charge in [0, 0.05) is 38.7 Å². The smallest absolute Gasteiger partial charge is 0.164 e. The van der Waals surface area contributed by atoms with Crippen LogP contribution >= 0.6 is 0 Å². The Labute approximate surface area is 115 Å². The molecule has 19 heavy (non-hydrogen) atoms. The minimum absolute atomic E-state index is 0.0995. The molecule has 4 nitrogen and oxygen atoms in total. The van der Waals surface area contributed by atoms with E-state index in [1.807, 2.05) is 36.1 Å². The highest BCUT2D eigenvalue weighted by Gasteiger charge is 2.11. The molecule has 0 bridgehead atoms. The maximum atomic E-state index is 12.1. The number of Topliss-reactive ketones (excluding diaryl/α,β-unsaturated/α-hetero) is 1. The summed E-state index contributed by atoms with van der Waals surface area (Å²) in [5.74, 6) is 0.151. The first-order chi connectivity index (χ1) is 9.19. The summed E-state index contributed by atoms with van der Waals surface area (Å²) in [6, 6.07) is 7.63. The number of aliphatic hydroxyl groups is 1. The minimum atomic E-state index is 0.0995. The number of hydrogen-bond donors (Lipinski definition) is 1. The molecule has 0 heterocycles. The first-order valence-corrected chi connectivity index (χ1v) is 6.60. The number of carbonyl (C=O) groups excluding carboxylic acids is 1. The summed E-state index contributed by atoms with van der Waals surface area (Å²) in [6.45, 7) is 4.62. The highest BCUT2D eigenvalue weighted by atomic mass is 16.5.